The molecule has 1 aromatic carbocycles. The first-order valence-corrected chi connectivity index (χ1v) is 9.31. The molecule has 0 bridgehead atoms. The Labute approximate surface area is 150 Å². The van der Waals surface area contributed by atoms with Gasteiger partial charge in [-0.05, 0) is 31.4 Å². The Bertz CT molecular complexity index is 594. The van der Waals surface area contributed by atoms with Crippen LogP contribution in [0.25, 0.3) is 0 Å². The predicted molar refractivity (Wildman–Crippen MR) is 92.0 cm³/mol. The molecular formula is C18H23BrO5. The first-order chi connectivity index (χ1) is 11.5. The number of benzene rings is 1. The van der Waals surface area contributed by atoms with E-state index in [-0.39, 0.29) is 6.10 Å². The minimum absolute atomic E-state index is 0.383. The smallest absolute Gasteiger partial charge is 0.338 e. The molecule has 0 aromatic heterocycles. The van der Waals surface area contributed by atoms with Crippen LogP contribution < -0.4 is 0 Å². The van der Waals surface area contributed by atoms with Gasteiger partial charge in [0.25, 0.3) is 0 Å². The van der Waals surface area contributed by atoms with Crippen molar-refractivity contribution in [2.75, 3.05) is 12.4 Å². The molecule has 6 heteroatoms. The Balaban J connectivity index is 1.91. The molecule has 1 saturated carbocycles. The fourth-order valence-electron chi connectivity index (χ4n) is 4.09. The number of halogens is 1. The lowest BCUT2D eigenvalue weighted by molar-refractivity contribution is -0.333. The Morgan fingerprint density at radius 2 is 2.08 bits per heavy atom. The highest BCUT2D eigenvalue weighted by molar-refractivity contribution is 9.09. The topological polar surface area (TPSA) is 65.0 Å². The van der Waals surface area contributed by atoms with Crippen LogP contribution in [0.15, 0.2) is 30.3 Å². The summed E-state index contributed by atoms with van der Waals surface area (Å²) < 4.78 is 17.2. The number of aliphatic hydroxyl groups is 1. The largest absolute Gasteiger partial charge is 0.455 e. The van der Waals surface area contributed by atoms with Gasteiger partial charge in [-0.25, -0.2) is 4.79 Å². The van der Waals surface area contributed by atoms with Crippen molar-refractivity contribution < 1.29 is 24.1 Å². The lowest BCUT2D eigenvalue weighted by atomic mass is 9.68. The third kappa shape index (κ3) is 2.69. The van der Waals surface area contributed by atoms with Crippen LogP contribution in [0.5, 0.6) is 0 Å². The third-order valence-corrected chi connectivity index (χ3v) is 6.14. The van der Waals surface area contributed by atoms with E-state index in [2.05, 4.69) is 15.9 Å². The van der Waals surface area contributed by atoms with Crippen LogP contribution in [0.3, 0.4) is 0 Å². The molecule has 3 rings (SSSR count). The van der Waals surface area contributed by atoms with E-state index < -0.39 is 29.4 Å². The zero-order valence-electron chi connectivity index (χ0n) is 13.9. The van der Waals surface area contributed by atoms with E-state index in [1.165, 1.54) is 7.11 Å². The average Bonchev–Trinajstić information content (AvgIpc) is 2.92. The van der Waals surface area contributed by atoms with Gasteiger partial charge in [-0.15, -0.1) is 0 Å². The first kappa shape index (κ1) is 17.9. The van der Waals surface area contributed by atoms with Crippen molar-refractivity contribution in [3.05, 3.63) is 35.9 Å². The molecule has 5 atom stereocenters. The highest BCUT2D eigenvalue weighted by Crippen LogP contribution is 2.56. The number of hydrogen-bond donors (Lipinski definition) is 1. The van der Waals surface area contributed by atoms with E-state index in [0.717, 1.165) is 12.8 Å². The summed E-state index contributed by atoms with van der Waals surface area (Å²) in [6.45, 7) is 1.97. The number of rotatable bonds is 4. The molecule has 132 valence electrons. The number of fused-ring (bicyclic) bond motifs is 1. The molecule has 1 aliphatic carbocycles. The molecule has 24 heavy (non-hydrogen) atoms. The van der Waals surface area contributed by atoms with Gasteiger partial charge in [0.1, 0.15) is 17.8 Å². The SMILES string of the molecule is CO[C@H]1O[C@H](CBr)[C@@H](OC(=O)c2ccccc2)[C@]2(C)CCC[C@]12O. The molecule has 2 aliphatic rings. The Hall–Kier alpha value is -0.950. The zero-order valence-corrected chi connectivity index (χ0v) is 15.5. The number of methoxy groups -OCH3 is 1. The first-order valence-electron chi connectivity index (χ1n) is 8.19. The molecular weight excluding hydrogens is 376 g/mol. The number of alkyl halides is 1. The van der Waals surface area contributed by atoms with Crippen molar-refractivity contribution in [3.8, 4) is 0 Å². The average molecular weight is 399 g/mol. The second-order valence-electron chi connectivity index (χ2n) is 6.78. The number of ether oxygens (including phenoxy) is 3. The summed E-state index contributed by atoms with van der Waals surface area (Å²) in [4.78, 5) is 12.6. The molecule has 0 amide bonds. The van der Waals surface area contributed by atoms with Crippen LogP contribution in [-0.2, 0) is 14.2 Å². The van der Waals surface area contributed by atoms with Crippen LogP contribution in [-0.4, -0.2) is 47.6 Å². The van der Waals surface area contributed by atoms with Gasteiger partial charge in [0.15, 0.2) is 6.29 Å². The number of carbonyl (C=O) groups is 1. The highest BCUT2D eigenvalue weighted by atomic mass is 79.9. The lowest BCUT2D eigenvalue weighted by Crippen LogP contribution is -2.67. The molecule has 1 heterocycles. The quantitative estimate of drug-likeness (QED) is 0.623. The maximum Gasteiger partial charge on any atom is 0.338 e. The van der Waals surface area contributed by atoms with Crippen LogP contribution in [0.1, 0.15) is 36.5 Å². The molecule has 1 aromatic rings. The van der Waals surface area contributed by atoms with Crippen LogP contribution in [0.2, 0.25) is 0 Å². The summed E-state index contributed by atoms with van der Waals surface area (Å²) in [6, 6.07) is 8.88. The molecule has 5 nitrogen and oxygen atoms in total. The maximum absolute atomic E-state index is 12.6. The Morgan fingerprint density at radius 3 is 2.71 bits per heavy atom. The van der Waals surface area contributed by atoms with Crippen molar-refractivity contribution in [2.45, 2.75) is 50.3 Å². The summed E-state index contributed by atoms with van der Waals surface area (Å²) in [6.07, 6.45) is 0.498. The van der Waals surface area contributed by atoms with E-state index in [1.807, 2.05) is 13.0 Å². The number of esters is 1. The molecule has 1 N–H and O–H groups in total. The van der Waals surface area contributed by atoms with Gasteiger partial charge >= 0.3 is 5.97 Å². The minimum Gasteiger partial charge on any atom is -0.455 e. The minimum atomic E-state index is -1.16. The third-order valence-electron chi connectivity index (χ3n) is 5.51. The van der Waals surface area contributed by atoms with Crippen molar-refractivity contribution >= 4 is 21.9 Å². The van der Waals surface area contributed by atoms with Crippen LogP contribution >= 0.6 is 15.9 Å². The van der Waals surface area contributed by atoms with Crippen molar-refractivity contribution in [1.29, 1.82) is 0 Å². The molecule has 1 saturated heterocycles. The number of hydrogen-bond acceptors (Lipinski definition) is 5. The molecule has 0 radical (unpaired) electrons. The van der Waals surface area contributed by atoms with Gasteiger partial charge in [0.05, 0.1) is 5.56 Å². The fourth-order valence-corrected chi connectivity index (χ4v) is 4.58. The highest BCUT2D eigenvalue weighted by Gasteiger charge is 2.66. The van der Waals surface area contributed by atoms with E-state index >= 15 is 0 Å². The zero-order chi connectivity index (χ0) is 17.4. The summed E-state index contributed by atoms with van der Waals surface area (Å²) in [5.74, 6) is -0.401. The van der Waals surface area contributed by atoms with E-state index in [0.29, 0.717) is 17.3 Å². The van der Waals surface area contributed by atoms with Crippen LogP contribution in [0.4, 0.5) is 0 Å². The molecule has 0 spiro atoms. The van der Waals surface area contributed by atoms with Gasteiger partial charge < -0.3 is 19.3 Å². The van der Waals surface area contributed by atoms with Gasteiger partial charge in [-0.1, -0.05) is 41.1 Å². The standard InChI is InChI=1S/C18H23BrO5/c1-17-9-6-10-18(17,21)16(22-2)23-13(11-19)14(17)24-15(20)12-7-4-3-5-8-12/h3-5,7-8,13-14,16,21H,6,9-11H2,1-2H3/t13-,14-,16+,17+,18+/m1/s1. The Kier molecular flexibility index (Phi) is 5.02. The van der Waals surface area contributed by atoms with Crippen LogP contribution in [0, 0.1) is 5.41 Å². The maximum atomic E-state index is 12.6. The molecule has 1 aliphatic heterocycles. The summed E-state index contributed by atoms with van der Waals surface area (Å²) in [7, 11) is 1.53. The Morgan fingerprint density at radius 1 is 1.38 bits per heavy atom. The van der Waals surface area contributed by atoms with Crippen molar-refractivity contribution in [1.82, 2.24) is 0 Å². The number of carbonyl (C=O) groups excluding carboxylic acids is 1. The van der Waals surface area contributed by atoms with Crippen molar-refractivity contribution in [2.24, 2.45) is 5.41 Å². The van der Waals surface area contributed by atoms with Gasteiger partial charge in [0.2, 0.25) is 0 Å². The lowest BCUT2D eigenvalue weighted by Gasteiger charge is -2.54. The summed E-state index contributed by atoms with van der Waals surface area (Å²) in [5.41, 5.74) is -1.29. The second-order valence-corrected chi connectivity index (χ2v) is 7.43. The van der Waals surface area contributed by atoms with Gasteiger partial charge in [-0.3, -0.25) is 0 Å². The van der Waals surface area contributed by atoms with Crippen molar-refractivity contribution in [3.63, 3.8) is 0 Å². The summed E-state index contributed by atoms with van der Waals surface area (Å²) >= 11 is 3.44. The molecule has 0 unspecified atom stereocenters. The van der Waals surface area contributed by atoms with E-state index in [9.17, 15) is 9.90 Å². The predicted octanol–water partition coefficient (Wildman–Crippen LogP) is 2.90. The second kappa shape index (κ2) is 6.75. The van der Waals surface area contributed by atoms with Gasteiger partial charge in [-0.2, -0.15) is 0 Å². The van der Waals surface area contributed by atoms with Gasteiger partial charge in [0, 0.05) is 17.9 Å². The van der Waals surface area contributed by atoms with E-state index in [1.54, 1.807) is 24.3 Å². The molecule has 2 fully saturated rings. The monoisotopic (exact) mass is 398 g/mol. The fraction of sp³-hybridized carbons (Fsp3) is 0.611. The normalized spacial score (nSPS) is 38.6. The summed E-state index contributed by atoms with van der Waals surface area (Å²) in [5, 5.41) is 11.7. The van der Waals surface area contributed by atoms with E-state index in [4.69, 9.17) is 14.2 Å².